The minimum Gasteiger partial charge on any atom is -0.309 e. The van der Waals surface area contributed by atoms with E-state index in [-0.39, 0.29) is 0 Å². The number of rotatable bonds is 5. The van der Waals surface area contributed by atoms with Gasteiger partial charge in [-0.3, -0.25) is 0 Å². The number of nitrogens with zero attached hydrogens (tertiary/aromatic N) is 4. The van der Waals surface area contributed by atoms with Crippen molar-refractivity contribution >= 4 is 43.6 Å². The van der Waals surface area contributed by atoms with Crippen LogP contribution in [0, 0.1) is 13.8 Å². The van der Waals surface area contributed by atoms with Crippen LogP contribution in [0.3, 0.4) is 0 Å². The molecule has 0 radical (unpaired) electrons. The van der Waals surface area contributed by atoms with Gasteiger partial charge in [0.05, 0.1) is 33.5 Å². The second-order valence-electron chi connectivity index (χ2n) is 13.7. The SMILES string of the molecule is Cc1ccc(-c2cc(-c3ccc(-n4c5ccccc5c5cc(-n6c7ccccc7c7ccccc76)ccc54)cc3)nc(-c3ccc(C)cc3)n2)cc1. The van der Waals surface area contributed by atoms with Crippen molar-refractivity contribution in [3.63, 3.8) is 0 Å². The number of aryl methyl sites for hydroxylation is 2. The van der Waals surface area contributed by atoms with Gasteiger partial charge < -0.3 is 9.13 Å². The summed E-state index contributed by atoms with van der Waals surface area (Å²) in [5.41, 5.74) is 14.4. The lowest BCUT2D eigenvalue weighted by molar-refractivity contribution is 1.16. The first kappa shape index (κ1) is 30.1. The molecule has 0 saturated carbocycles. The van der Waals surface area contributed by atoms with Crippen LogP contribution in [0.25, 0.3) is 88.9 Å². The summed E-state index contributed by atoms with van der Waals surface area (Å²) in [6.07, 6.45) is 0. The van der Waals surface area contributed by atoms with Crippen LogP contribution in [0.15, 0.2) is 170 Å². The second kappa shape index (κ2) is 11.9. The van der Waals surface area contributed by atoms with Crippen molar-refractivity contribution in [1.82, 2.24) is 19.1 Å². The summed E-state index contributed by atoms with van der Waals surface area (Å²) in [6.45, 7) is 4.21. The van der Waals surface area contributed by atoms with Gasteiger partial charge in [0.15, 0.2) is 5.82 Å². The molecule has 4 nitrogen and oxygen atoms in total. The molecule has 0 atom stereocenters. The number of para-hydroxylation sites is 3. The monoisotopic (exact) mass is 666 g/mol. The van der Waals surface area contributed by atoms with E-state index in [2.05, 4.69) is 193 Å². The van der Waals surface area contributed by atoms with Crippen molar-refractivity contribution in [2.45, 2.75) is 13.8 Å². The molecule has 0 amide bonds. The summed E-state index contributed by atoms with van der Waals surface area (Å²) in [5.74, 6) is 0.721. The highest BCUT2D eigenvalue weighted by molar-refractivity contribution is 6.12. The molecule has 3 aromatic heterocycles. The summed E-state index contributed by atoms with van der Waals surface area (Å²) < 4.78 is 4.77. The minimum atomic E-state index is 0.721. The van der Waals surface area contributed by atoms with E-state index >= 15 is 0 Å². The van der Waals surface area contributed by atoms with Gasteiger partial charge in [-0.15, -0.1) is 0 Å². The normalized spacial score (nSPS) is 11.7. The van der Waals surface area contributed by atoms with E-state index in [1.54, 1.807) is 0 Å². The van der Waals surface area contributed by atoms with Crippen molar-refractivity contribution in [3.05, 3.63) is 181 Å². The van der Waals surface area contributed by atoms with Gasteiger partial charge >= 0.3 is 0 Å². The summed E-state index contributed by atoms with van der Waals surface area (Å²) in [6, 6.07) is 60.8. The fraction of sp³-hybridized carbons (Fsp3) is 0.0417. The van der Waals surface area contributed by atoms with Gasteiger partial charge in [0.25, 0.3) is 0 Å². The van der Waals surface area contributed by atoms with E-state index in [0.717, 1.165) is 45.3 Å². The largest absolute Gasteiger partial charge is 0.309 e. The minimum absolute atomic E-state index is 0.721. The first-order chi connectivity index (χ1) is 25.6. The Bertz CT molecular complexity index is 2830. The van der Waals surface area contributed by atoms with Gasteiger partial charge in [-0.25, -0.2) is 9.97 Å². The van der Waals surface area contributed by atoms with Crippen LogP contribution in [0.1, 0.15) is 11.1 Å². The molecule has 3 heterocycles. The Morgan fingerprint density at radius 2 is 0.750 bits per heavy atom. The molecular weight excluding hydrogens is 633 g/mol. The molecule has 10 rings (SSSR count). The van der Waals surface area contributed by atoms with Gasteiger partial charge in [-0.1, -0.05) is 126 Å². The Balaban J connectivity index is 1.10. The number of hydrogen-bond donors (Lipinski definition) is 0. The van der Waals surface area contributed by atoms with Crippen LogP contribution < -0.4 is 0 Å². The lowest BCUT2D eigenvalue weighted by Gasteiger charge is -2.12. The number of fused-ring (bicyclic) bond motifs is 6. The Morgan fingerprint density at radius 1 is 0.346 bits per heavy atom. The first-order valence-corrected chi connectivity index (χ1v) is 17.7. The Hall–Kier alpha value is -6.78. The average molecular weight is 667 g/mol. The molecule has 0 spiro atoms. The lowest BCUT2D eigenvalue weighted by Crippen LogP contribution is -1.97. The zero-order valence-electron chi connectivity index (χ0n) is 29.0. The molecule has 0 aliphatic heterocycles. The molecule has 0 aliphatic carbocycles. The zero-order chi connectivity index (χ0) is 34.8. The lowest BCUT2D eigenvalue weighted by atomic mass is 10.0. The molecule has 0 N–H and O–H groups in total. The van der Waals surface area contributed by atoms with Crippen molar-refractivity contribution in [2.24, 2.45) is 0 Å². The maximum Gasteiger partial charge on any atom is 0.160 e. The third kappa shape index (κ3) is 4.91. The van der Waals surface area contributed by atoms with Crippen molar-refractivity contribution in [2.75, 3.05) is 0 Å². The molecule has 7 aromatic carbocycles. The van der Waals surface area contributed by atoms with E-state index in [0.29, 0.717) is 0 Å². The Labute approximate surface area is 301 Å². The van der Waals surface area contributed by atoms with E-state index in [1.807, 2.05) is 0 Å². The van der Waals surface area contributed by atoms with Gasteiger partial charge in [-0.2, -0.15) is 0 Å². The molecule has 10 aromatic rings. The van der Waals surface area contributed by atoms with Gasteiger partial charge in [-0.05, 0) is 68.4 Å². The van der Waals surface area contributed by atoms with E-state index in [1.165, 1.54) is 54.7 Å². The van der Waals surface area contributed by atoms with Crippen LogP contribution >= 0.6 is 0 Å². The van der Waals surface area contributed by atoms with Crippen LogP contribution in [0.2, 0.25) is 0 Å². The van der Waals surface area contributed by atoms with E-state index in [4.69, 9.17) is 9.97 Å². The molecule has 0 fully saturated rings. The fourth-order valence-electron chi connectivity index (χ4n) is 7.66. The number of hydrogen-bond acceptors (Lipinski definition) is 2. The third-order valence-electron chi connectivity index (χ3n) is 10.3. The first-order valence-electron chi connectivity index (χ1n) is 17.7. The Morgan fingerprint density at radius 3 is 1.29 bits per heavy atom. The van der Waals surface area contributed by atoms with Gasteiger partial charge in [0, 0.05) is 49.6 Å². The smallest absolute Gasteiger partial charge is 0.160 e. The standard InChI is InChI=1S/C48H34N4/c1-31-15-19-33(20-16-31)42-30-43(50-48(49-42)35-21-17-32(2)18-22-35)34-23-25-36(26-24-34)51-46-14-8-5-11-40(46)41-29-37(27-28-47(41)51)52-44-12-6-3-9-38(44)39-10-4-7-13-45(39)52/h3-30H,1-2H3. The molecular formula is C48H34N4. The topological polar surface area (TPSA) is 35.6 Å². The van der Waals surface area contributed by atoms with E-state index < -0.39 is 0 Å². The molecule has 0 aliphatic rings. The molecule has 0 unspecified atom stereocenters. The van der Waals surface area contributed by atoms with Gasteiger partial charge in [0.2, 0.25) is 0 Å². The van der Waals surface area contributed by atoms with Crippen LogP contribution in [0.4, 0.5) is 0 Å². The van der Waals surface area contributed by atoms with Crippen molar-refractivity contribution in [1.29, 1.82) is 0 Å². The van der Waals surface area contributed by atoms with Crippen molar-refractivity contribution in [3.8, 4) is 45.3 Å². The molecule has 4 heteroatoms. The average Bonchev–Trinajstić information content (AvgIpc) is 3.71. The fourth-order valence-corrected chi connectivity index (χ4v) is 7.66. The quantitative estimate of drug-likeness (QED) is 0.183. The molecule has 246 valence electrons. The maximum atomic E-state index is 5.10. The van der Waals surface area contributed by atoms with Crippen molar-refractivity contribution < 1.29 is 0 Å². The number of aromatic nitrogens is 4. The third-order valence-corrected chi connectivity index (χ3v) is 10.3. The zero-order valence-corrected chi connectivity index (χ0v) is 29.0. The van der Waals surface area contributed by atoms with Gasteiger partial charge in [0.1, 0.15) is 0 Å². The maximum absolute atomic E-state index is 5.10. The molecule has 0 bridgehead atoms. The molecule has 0 saturated heterocycles. The highest BCUT2D eigenvalue weighted by Gasteiger charge is 2.17. The summed E-state index contributed by atoms with van der Waals surface area (Å²) in [4.78, 5) is 10.1. The number of benzene rings is 7. The van der Waals surface area contributed by atoms with E-state index in [9.17, 15) is 0 Å². The highest BCUT2D eigenvalue weighted by Crippen LogP contribution is 2.37. The predicted octanol–water partition coefficient (Wildman–Crippen LogP) is 12.3. The second-order valence-corrected chi connectivity index (χ2v) is 13.7. The van der Waals surface area contributed by atoms with Crippen LogP contribution in [-0.2, 0) is 0 Å². The highest BCUT2D eigenvalue weighted by atomic mass is 15.0. The summed E-state index contributed by atoms with van der Waals surface area (Å²) in [5, 5.41) is 4.98. The summed E-state index contributed by atoms with van der Waals surface area (Å²) >= 11 is 0. The van der Waals surface area contributed by atoms with Crippen LogP contribution in [-0.4, -0.2) is 19.1 Å². The summed E-state index contributed by atoms with van der Waals surface area (Å²) in [7, 11) is 0. The van der Waals surface area contributed by atoms with Crippen LogP contribution in [0.5, 0.6) is 0 Å². The predicted molar refractivity (Wildman–Crippen MR) is 216 cm³/mol. The molecule has 52 heavy (non-hydrogen) atoms. The Kier molecular flexibility index (Phi) is 6.90.